The average Bonchev–Trinajstić information content (AvgIpc) is 3.30. The van der Waals surface area contributed by atoms with Gasteiger partial charge < -0.3 is 4.90 Å². The quantitative estimate of drug-likeness (QED) is 0.562. The van der Waals surface area contributed by atoms with Crippen LogP contribution in [0.3, 0.4) is 0 Å². The van der Waals surface area contributed by atoms with Gasteiger partial charge >= 0.3 is 0 Å². The number of hydrogen-bond acceptors (Lipinski definition) is 2. The van der Waals surface area contributed by atoms with Crippen LogP contribution < -0.4 is 0 Å². The fraction of sp³-hybridized carbons (Fsp3) is 0.259. The Hall–Kier alpha value is -3.20. The number of ketones is 1. The first-order chi connectivity index (χ1) is 14.7. The maximum Gasteiger partial charge on any atom is 0.235 e. The highest BCUT2D eigenvalue weighted by Gasteiger charge is 2.37. The second-order valence-electron chi connectivity index (χ2n) is 7.90. The topological polar surface area (TPSA) is 37.4 Å². The number of Topliss-reactive ketones (excluding diaryl/α,β-unsaturated/α-hetero) is 1. The van der Waals surface area contributed by atoms with Crippen LogP contribution in [-0.2, 0) is 16.0 Å². The summed E-state index contributed by atoms with van der Waals surface area (Å²) in [4.78, 5) is 28.6. The summed E-state index contributed by atoms with van der Waals surface area (Å²) in [5.41, 5.74) is 3.10. The van der Waals surface area contributed by atoms with Crippen molar-refractivity contribution in [2.24, 2.45) is 0 Å². The van der Waals surface area contributed by atoms with Crippen molar-refractivity contribution in [1.29, 1.82) is 0 Å². The molecular weight excluding hydrogens is 370 g/mol. The molecule has 4 rings (SSSR count). The number of benzene rings is 3. The predicted molar refractivity (Wildman–Crippen MR) is 119 cm³/mol. The zero-order valence-electron chi connectivity index (χ0n) is 17.1. The molecule has 0 aromatic heterocycles. The van der Waals surface area contributed by atoms with Gasteiger partial charge in [0.2, 0.25) is 5.91 Å². The van der Waals surface area contributed by atoms with Gasteiger partial charge in [0.25, 0.3) is 0 Å². The van der Waals surface area contributed by atoms with Crippen LogP contribution in [-0.4, -0.2) is 29.2 Å². The van der Waals surface area contributed by atoms with Crippen molar-refractivity contribution >= 4 is 11.7 Å². The standard InChI is InChI=1S/C27H27NO2/c29-25(19-18-21-11-4-1-5-12-21)24-17-10-20-28(24)27(30)26(22-13-6-2-7-14-22)23-15-8-3-9-16-23/h1-9,11-16,24,26H,10,17-20H2/t24-/m0/s1. The van der Waals surface area contributed by atoms with Gasteiger partial charge in [0.15, 0.2) is 5.78 Å². The van der Waals surface area contributed by atoms with Crippen molar-refractivity contribution in [2.75, 3.05) is 6.54 Å². The molecule has 0 N–H and O–H groups in total. The molecule has 1 aliphatic rings. The molecule has 1 aliphatic heterocycles. The van der Waals surface area contributed by atoms with E-state index in [1.165, 1.54) is 0 Å². The molecular formula is C27H27NO2. The number of nitrogens with zero attached hydrogens (tertiary/aromatic N) is 1. The Balaban J connectivity index is 1.54. The Bertz CT molecular complexity index is 930. The van der Waals surface area contributed by atoms with Gasteiger partial charge in [0, 0.05) is 13.0 Å². The van der Waals surface area contributed by atoms with Crippen molar-refractivity contribution in [2.45, 2.75) is 37.6 Å². The van der Waals surface area contributed by atoms with Gasteiger partial charge in [-0.15, -0.1) is 0 Å². The SMILES string of the molecule is O=C(CCc1ccccc1)[C@@H]1CCCN1C(=O)C(c1ccccc1)c1ccccc1. The zero-order chi connectivity index (χ0) is 20.8. The molecule has 1 fully saturated rings. The van der Waals surface area contributed by atoms with E-state index in [4.69, 9.17) is 0 Å². The minimum Gasteiger partial charge on any atom is -0.332 e. The van der Waals surface area contributed by atoms with E-state index in [0.717, 1.165) is 36.0 Å². The molecule has 3 heteroatoms. The monoisotopic (exact) mass is 397 g/mol. The highest BCUT2D eigenvalue weighted by atomic mass is 16.2. The number of hydrogen-bond donors (Lipinski definition) is 0. The van der Waals surface area contributed by atoms with E-state index in [-0.39, 0.29) is 23.7 Å². The van der Waals surface area contributed by atoms with Gasteiger partial charge in [-0.25, -0.2) is 0 Å². The molecule has 152 valence electrons. The summed E-state index contributed by atoms with van der Waals surface area (Å²) in [6.07, 6.45) is 2.83. The molecule has 1 saturated heterocycles. The summed E-state index contributed by atoms with van der Waals surface area (Å²) in [6, 6.07) is 29.5. The molecule has 3 aromatic rings. The van der Waals surface area contributed by atoms with E-state index in [2.05, 4.69) is 0 Å². The molecule has 0 bridgehead atoms. The molecule has 30 heavy (non-hydrogen) atoms. The first-order valence-electron chi connectivity index (χ1n) is 10.7. The smallest absolute Gasteiger partial charge is 0.235 e. The summed E-state index contributed by atoms with van der Waals surface area (Å²) in [7, 11) is 0. The molecule has 1 atom stereocenters. The number of carbonyl (C=O) groups excluding carboxylic acids is 2. The lowest BCUT2D eigenvalue weighted by molar-refractivity contribution is -0.138. The maximum absolute atomic E-state index is 13.7. The average molecular weight is 398 g/mol. The van der Waals surface area contributed by atoms with E-state index in [0.29, 0.717) is 13.0 Å². The highest BCUT2D eigenvalue weighted by Crippen LogP contribution is 2.31. The molecule has 0 unspecified atom stereocenters. The number of amides is 1. The van der Waals surface area contributed by atoms with E-state index in [1.807, 2.05) is 95.9 Å². The van der Waals surface area contributed by atoms with Crippen molar-refractivity contribution in [3.8, 4) is 0 Å². The Morgan fingerprint density at radius 2 is 1.33 bits per heavy atom. The molecule has 0 saturated carbocycles. The third-order valence-electron chi connectivity index (χ3n) is 5.92. The highest BCUT2D eigenvalue weighted by molar-refractivity contribution is 5.93. The molecule has 0 aliphatic carbocycles. The van der Waals surface area contributed by atoms with E-state index >= 15 is 0 Å². The van der Waals surface area contributed by atoms with Crippen molar-refractivity contribution in [1.82, 2.24) is 4.90 Å². The summed E-state index contributed by atoms with van der Waals surface area (Å²) in [6.45, 7) is 0.650. The fourth-order valence-corrected chi connectivity index (χ4v) is 4.38. The Morgan fingerprint density at radius 1 is 0.800 bits per heavy atom. The van der Waals surface area contributed by atoms with Crippen LogP contribution in [0.15, 0.2) is 91.0 Å². The lowest BCUT2D eigenvalue weighted by Crippen LogP contribution is -2.43. The van der Waals surface area contributed by atoms with Gasteiger partial charge in [-0.05, 0) is 36.0 Å². The van der Waals surface area contributed by atoms with Gasteiger partial charge in [-0.3, -0.25) is 9.59 Å². The number of aryl methyl sites for hydroxylation is 1. The van der Waals surface area contributed by atoms with Crippen LogP contribution in [0.4, 0.5) is 0 Å². The van der Waals surface area contributed by atoms with E-state index in [1.54, 1.807) is 0 Å². The number of likely N-dealkylation sites (tertiary alicyclic amines) is 1. The van der Waals surface area contributed by atoms with Crippen LogP contribution in [0.25, 0.3) is 0 Å². The maximum atomic E-state index is 13.7. The minimum atomic E-state index is -0.380. The summed E-state index contributed by atoms with van der Waals surface area (Å²) < 4.78 is 0. The van der Waals surface area contributed by atoms with E-state index < -0.39 is 0 Å². The summed E-state index contributed by atoms with van der Waals surface area (Å²) >= 11 is 0. The van der Waals surface area contributed by atoms with Gasteiger partial charge in [0.05, 0.1) is 12.0 Å². The molecule has 1 heterocycles. The van der Waals surface area contributed by atoms with Crippen LogP contribution in [0, 0.1) is 0 Å². The first kappa shape index (κ1) is 20.1. The molecule has 3 aromatic carbocycles. The normalized spacial score (nSPS) is 16.0. The van der Waals surface area contributed by atoms with Crippen LogP contribution >= 0.6 is 0 Å². The van der Waals surface area contributed by atoms with Crippen LogP contribution in [0.1, 0.15) is 41.9 Å². The summed E-state index contributed by atoms with van der Waals surface area (Å²) in [5.74, 6) is -0.178. The third-order valence-corrected chi connectivity index (χ3v) is 5.92. The molecule has 1 amide bonds. The van der Waals surface area contributed by atoms with Crippen molar-refractivity contribution in [3.63, 3.8) is 0 Å². The predicted octanol–water partition coefficient (Wildman–Crippen LogP) is 5.01. The lowest BCUT2D eigenvalue weighted by atomic mass is 9.89. The summed E-state index contributed by atoms with van der Waals surface area (Å²) in [5, 5.41) is 0. The largest absolute Gasteiger partial charge is 0.332 e. The Kier molecular flexibility index (Phi) is 6.38. The second kappa shape index (κ2) is 9.53. The molecule has 3 nitrogen and oxygen atoms in total. The minimum absolute atomic E-state index is 0.0305. The number of carbonyl (C=O) groups is 2. The molecule has 0 spiro atoms. The van der Waals surface area contributed by atoms with Gasteiger partial charge in [-0.1, -0.05) is 91.0 Å². The van der Waals surface area contributed by atoms with E-state index in [9.17, 15) is 9.59 Å². The third kappa shape index (κ3) is 4.51. The van der Waals surface area contributed by atoms with Gasteiger partial charge in [0.1, 0.15) is 0 Å². The lowest BCUT2D eigenvalue weighted by Gasteiger charge is -2.29. The first-order valence-corrected chi connectivity index (χ1v) is 10.7. The Labute approximate surface area is 178 Å². The van der Waals surface area contributed by atoms with Crippen molar-refractivity contribution < 1.29 is 9.59 Å². The van der Waals surface area contributed by atoms with Gasteiger partial charge in [-0.2, -0.15) is 0 Å². The zero-order valence-corrected chi connectivity index (χ0v) is 17.1. The second-order valence-corrected chi connectivity index (χ2v) is 7.90. The van der Waals surface area contributed by atoms with Crippen LogP contribution in [0.2, 0.25) is 0 Å². The van der Waals surface area contributed by atoms with Crippen molar-refractivity contribution in [3.05, 3.63) is 108 Å². The fourth-order valence-electron chi connectivity index (χ4n) is 4.38. The number of rotatable bonds is 7. The Morgan fingerprint density at radius 3 is 1.90 bits per heavy atom. The van der Waals surface area contributed by atoms with Crippen LogP contribution in [0.5, 0.6) is 0 Å². The molecule has 0 radical (unpaired) electrons.